The number of nitrogens with zero attached hydrogens (tertiary/aromatic N) is 3. The third kappa shape index (κ3) is 3.57. The van der Waals surface area contributed by atoms with Gasteiger partial charge in [0.25, 0.3) is 0 Å². The van der Waals surface area contributed by atoms with E-state index in [1.54, 1.807) is 0 Å². The van der Waals surface area contributed by atoms with Crippen LogP contribution >= 0.6 is 11.3 Å². The highest BCUT2D eigenvalue weighted by molar-refractivity contribution is 7.13. The number of carboxylic acid groups (broad SMARTS) is 1. The molecule has 0 bridgehead atoms. The molecule has 1 fully saturated rings. The number of carbonyl (C=O) groups is 2. The van der Waals surface area contributed by atoms with Crippen LogP contribution in [0.4, 0.5) is 0 Å². The minimum Gasteiger partial charge on any atom is -0.480 e. The molecule has 3 heterocycles. The summed E-state index contributed by atoms with van der Waals surface area (Å²) in [4.78, 5) is 29.9. The number of aromatic nitrogens is 2. The molecule has 0 radical (unpaired) electrons. The number of thiophene rings is 1. The van der Waals surface area contributed by atoms with Crippen LogP contribution in [0.25, 0.3) is 10.7 Å². The van der Waals surface area contributed by atoms with Crippen molar-refractivity contribution in [3.05, 3.63) is 23.4 Å². The molecule has 0 spiro atoms. The molecule has 1 aliphatic heterocycles. The highest BCUT2D eigenvalue weighted by atomic mass is 32.1. The molecule has 2 aromatic heterocycles. The van der Waals surface area contributed by atoms with Gasteiger partial charge in [-0.15, -0.1) is 11.3 Å². The first kappa shape index (κ1) is 15.6. The second-order valence-electron chi connectivity index (χ2n) is 5.01. The molecule has 1 aliphatic rings. The molecule has 8 nitrogen and oxygen atoms in total. The Morgan fingerprint density at radius 2 is 2.35 bits per heavy atom. The number of carbonyl (C=O) groups excluding carboxylic acids is 1. The molecule has 122 valence electrons. The topological polar surface area (TPSA) is 106 Å². The van der Waals surface area contributed by atoms with Gasteiger partial charge >= 0.3 is 5.97 Å². The highest BCUT2D eigenvalue weighted by Crippen LogP contribution is 2.21. The maximum absolute atomic E-state index is 12.2. The minimum atomic E-state index is -1.06. The van der Waals surface area contributed by atoms with Crippen LogP contribution in [-0.2, 0) is 20.7 Å². The zero-order valence-corrected chi connectivity index (χ0v) is 13.0. The fourth-order valence-corrected chi connectivity index (χ4v) is 2.98. The third-order valence-electron chi connectivity index (χ3n) is 3.50. The zero-order valence-electron chi connectivity index (χ0n) is 12.2. The number of morpholine rings is 1. The summed E-state index contributed by atoms with van der Waals surface area (Å²) in [6, 6.07) is 2.85. The van der Waals surface area contributed by atoms with Crippen molar-refractivity contribution in [2.75, 3.05) is 19.8 Å². The Morgan fingerprint density at radius 3 is 3.09 bits per heavy atom. The molecule has 23 heavy (non-hydrogen) atoms. The average molecular weight is 337 g/mol. The summed E-state index contributed by atoms with van der Waals surface area (Å²) in [5.74, 6) is -0.452. The normalized spacial score (nSPS) is 18.1. The smallest absolute Gasteiger partial charge is 0.328 e. The lowest BCUT2D eigenvalue weighted by atomic mass is 10.2. The van der Waals surface area contributed by atoms with Crippen molar-refractivity contribution in [1.29, 1.82) is 0 Å². The van der Waals surface area contributed by atoms with Crippen LogP contribution in [-0.4, -0.2) is 57.8 Å². The number of amides is 1. The second kappa shape index (κ2) is 6.88. The van der Waals surface area contributed by atoms with E-state index in [0.29, 0.717) is 18.3 Å². The lowest BCUT2D eigenvalue weighted by molar-refractivity contribution is -0.158. The van der Waals surface area contributed by atoms with E-state index in [4.69, 9.17) is 14.4 Å². The number of ether oxygens (including phenoxy) is 1. The number of hydrogen-bond donors (Lipinski definition) is 1. The molecule has 0 unspecified atom stereocenters. The van der Waals surface area contributed by atoms with Gasteiger partial charge in [-0.3, -0.25) is 4.79 Å². The molecule has 1 N–H and O–H groups in total. The van der Waals surface area contributed by atoms with E-state index in [0.717, 1.165) is 4.88 Å². The molecule has 1 amide bonds. The monoisotopic (exact) mass is 337 g/mol. The van der Waals surface area contributed by atoms with Gasteiger partial charge in [0, 0.05) is 19.4 Å². The van der Waals surface area contributed by atoms with Gasteiger partial charge in [-0.2, -0.15) is 4.98 Å². The summed E-state index contributed by atoms with van der Waals surface area (Å²) in [6.45, 7) is 0.642. The number of aryl methyl sites for hydroxylation is 1. The molecular weight excluding hydrogens is 322 g/mol. The molecule has 1 atom stereocenters. The Morgan fingerprint density at radius 1 is 1.48 bits per heavy atom. The maximum atomic E-state index is 12.2. The fraction of sp³-hybridized carbons (Fsp3) is 0.429. The molecule has 0 aliphatic carbocycles. The SMILES string of the molecule is O=C(O)[C@H]1COCCN1C(=O)CCc1nc(-c2cccs2)no1. The standard InChI is InChI=1S/C14H15N3O5S/c18-12(17-5-6-21-8-9(17)14(19)20)4-3-11-15-13(16-22-11)10-2-1-7-23-10/h1-2,7,9H,3-6,8H2,(H,19,20)/t9-/m1/s1. The molecular formula is C14H15N3O5S. The Balaban J connectivity index is 1.59. The van der Waals surface area contributed by atoms with Crippen LogP contribution < -0.4 is 0 Å². The predicted octanol–water partition coefficient (Wildman–Crippen LogP) is 1.04. The quantitative estimate of drug-likeness (QED) is 0.869. The largest absolute Gasteiger partial charge is 0.480 e. The summed E-state index contributed by atoms with van der Waals surface area (Å²) in [6.07, 6.45) is 0.400. The Bertz CT molecular complexity index is 684. The van der Waals surface area contributed by atoms with Crippen LogP contribution in [0.2, 0.25) is 0 Å². The number of carboxylic acids is 1. The van der Waals surface area contributed by atoms with Gasteiger partial charge in [0.2, 0.25) is 17.6 Å². The van der Waals surface area contributed by atoms with Gasteiger partial charge in [-0.05, 0) is 11.4 Å². The lowest BCUT2D eigenvalue weighted by Crippen LogP contribution is -2.52. The highest BCUT2D eigenvalue weighted by Gasteiger charge is 2.32. The Kier molecular flexibility index (Phi) is 4.68. The minimum absolute atomic E-state index is 0.0180. The average Bonchev–Trinajstić information content (AvgIpc) is 3.23. The van der Waals surface area contributed by atoms with Gasteiger partial charge in [-0.1, -0.05) is 11.2 Å². The van der Waals surface area contributed by atoms with E-state index in [1.165, 1.54) is 16.2 Å². The Hall–Kier alpha value is -2.26. The van der Waals surface area contributed by atoms with Gasteiger partial charge in [0.05, 0.1) is 18.1 Å². The summed E-state index contributed by atoms with van der Waals surface area (Å²) in [5.41, 5.74) is 0. The van der Waals surface area contributed by atoms with E-state index < -0.39 is 12.0 Å². The number of rotatable bonds is 5. The van der Waals surface area contributed by atoms with Crippen molar-refractivity contribution < 1.29 is 24.0 Å². The first-order chi connectivity index (χ1) is 11.1. The molecule has 1 saturated heterocycles. The van der Waals surface area contributed by atoms with E-state index in [9.17, 15) is 9.59 Å². The summed E-state index contributed by atoms with van der Waals surface area (Å²) < 4.78 is 10.3. The van der Waals surface area contributed by atoms with Crippen molar-refractivity contribution in [3.8, 4) is 10.7 Å². The van der Waals surface area contributed by atoms with Crippen LogP contribution in [0.5, 0.6) is 0 Å². The fourth-order valence-electron chi connectivity index (χ4n) is 2.33. The lowest BCUT2D eigenvalue weighted by Gasteiger charge is -2.32. The van der Waals surface area contributed by atoms with Crippen molar-refractivity contribution >= 4 is 23.2 Å². The van der Waals surface area contributed by atoms with Crippen molar-refractivity contribution in [1.82, 2.24) is 15.0 Å². The van der Waals surface area contributed by atoms with E-state index in [-0.39, 0.29) is 31.9 Å². The van der Waals surface area contributed by atoms with Crippen LogP contribution in [0.15, 0.2) is 22.0 Å². The molecule has 2 aromatic rings. The number of hydrogen-bond acceptors (Lipinski definition) is 7. The van der Waals surface area contributed by atoms with Gasteiger partial charge in [-0.25, -0.2) is 4.79 Å². The van der Waals surface area contributed by atoms with Gasteiger partial charge in [0.15, 0.2) is 6.04 Å². The van der Waals surface area contributed by atoms with Crippen LogP contribution in [0.3, 0.4) is 0 Å². The first-order valence-electron chi connectivity index (χ1n) is 7.11. The maximum Gasteiger partial charge on any atom is 0.328 e. The van der Waals surface area contributed by atoms with E-state index in [1.807, 2.05) is 17.5 Å². The third-order valence-corrected chi connectivity index (χ3v) is 4.36. The van der Waals surface area contributed by atoms with Crippen molar-refractivity contribution in [3.63, 3.8) is 0 Å². The second-order valence-corrected chi connectivity index (χ2v) is 5.95. The van der Waals surface area contributed by atoms with Crippen LogP contribution in [0, 0.1) is 0 Å². The van der Waals surface area contributed by atoms with Crippen LogP contribution in [0.1, 0.15) is 12.3 Å². The molecule has 3 rings (SSSR count). The van der Waals surface area contributed by atoms with Crippen molar-refractivity contribution in [2.24, 2.45) is 0 Å². The number of aliphatic carboxylic acids is 1. The van der Waals surface area contributed by atoms with Gasteiger partial charge in [0.1, 0.15) is 0 Å². The molecule has 9 heteroatoms. The summed E-state index contributed by atoms with van der Waals surface area (Å²) in [7, 11) is 0. The first-order valence-corrected chi connectivity index (χ1v) is 7.99. The predicted molar refractivity (Wildman–Crippen MR) is 79.9 cm³/mol. The molecule has 0 aromatic carbocycles. The summed E-state index contributed by atoms with van der Waals surface area (Å²) in [5, 5.41) is 14.9. The van der Waals surface area contributed by atoms with E-state index >= 15 is 0 Å². The van der Waals surface area contributed by atoms with E-state index in [2.05, 4.69) is 10.1 Å². The van der Waals surface area contributed by atoms with Gasteiger partial charge < -0.3 is 19.3 Å². The summed E-state index contributed by atoms with van der Waals surface area (Å²) >= 11 is 1.50. The Labute approximate surface area is 135 Å². The van der Waals surface area contributed by atoms with Crippen molar-refractivity contribution in [2.45, 2.75) is 18.9 Å². The molecule has 0 saturated carbocycles. The zero-order chi connectivity index (χ0) is 16.2.